The van der Waals surface area contributed by atoms with Crippen LogP contribution in [0.15, 0.2) is 11.7 Å². The zero-order valence-corrected chi connectivity index (χ0v) is 11.5. The van der Waals surface area contributed by atoms with Gasteiger partial charge in [0.15, 0.2) is 0 Å². The maximum Gasteiger partial charge on any atom is 0.228 e. The number of likely N-dealkylation sites (tertiary alicyclic amines) is 1. The molecule has 1 amide bonds. The minimum atomic E-state index is -0.313. The number of thiazole rings is 1. The van der Waals surface area contributed by atoms with E-state index in [1.165, 1.54) is 11.3 Å². The van der Waals surface area contributed by atoms with Gasteiger partial charge in [-0.3, -0.25) is 9.78 Å². The van der Waals surface area contributed by atoms with Crippen LogP contribution < -0.4 is 0 Å². The number of amides is 1. The average molecular weight is 263 g/mol. The van der Waals surface area contributed by atoms with E-state index in [0.29, 0.717) is 13.0 Å². The van der Waals surface area contributed by atoms with Crippen molar-refractivity contribution in [3.05, 3.63) is 16.6 Å². The normalized spacial score (nSPS) is 22.5. The molecule has 0 unspecified atom stereocenters. The zero-order chi connectivity index (χ0) is 13.2. The van der Waals surface area contributed by atoms with E-state index in [9.17, 15) is 10.1 Å². The van der Waals surface area contributed by atoms with E-state index in [4.69, 9.17) is 0 Å². The molecule has 1 fully saturated rings. The fraction of sp³-hybridized carbons (Fsp3) is 0.615. The standard InChI is InChI=1S/C13H17N3OS/c1-13(2)4-3-5-16(11(13)7-14)12(17)6-10-8-15-9-18-10/h8-9,11H,3-6H2,1-2H3/t11-/m0/s1. The van der Waals surface area contributed by atoms with Gasteiger partial charge in [0.05, 0.1) is 18.0 Å². The van der Waals surface area contributed by atoms with Gasteiger partial charge in [-0.05, 0) is 18.3 Å². The van der Waals surface area contributed by atoms with Crippen LogP contribution >= 0.6 is 11.3 Å². The molecular formula is C13H17N3OS. The first-order chi connectivity index (χ1) is 8.54. The molecule has 1 aromatic rings. The van der Waals surface area contributed by atoms with Gasteiger partial charge in [0.1, 0.15) is 6.04 Å². The van der Waals surface area contributed by atoms with Crippen LogP contribution in [0, 0.1) is 16.7 Å². The van der Waals surface area contributed by atoms with Crippen LogP contribution in [0.5, 0.6) is 0 Å². The highest BCUT2D eigenvalue weighted by molar-refractivity contribution is 7.09. The predicted molar refractivity (Wildman–Crippen MR) is 69.9 cm³/mol. The number of carbonyl (C=O) groups excluding carboxylic acids is 1. The van der Waals surface area contributed by atoms with E-state index in [0.717, 1.165) is 17.7 Å². The number of carbonyl (C=O) groups is 1. The van der Waals surface area contributed by atoms with Gasteiger partial charge in [-0.1, -0.05) is 13.8 Å². The van der Waals surface area contributed by atoms with Crippen LogP contribution in [0.3, 0.4) is 0 Å². The van der Waals surface area contributed by atoms with Crippen LogP contribution in [-0.2, 0) is 11.2 Å². The molecule has 4 nitrogen and oxygen atoms in total. The molecule has 1 aliphatic heterocycles. The fourth-order valence-corrected chi connectivity index (χ4v) is 3.07. The first kappa shape index (κ1) is 13.0. The Morgan fingerprint density at radius 2 is 2.50 bits per heavy atom. The summed E-state index contributed by atoms with van der Waals surface area (Å²) in [5.74, 6) is 0.0403. The second-order valence-corrected chi connectivity index (χ2v) is 6.33. The van der Waals surface area contributed by atoms with Gasteiger partial charge in [0.2, 0.25) is 5.91 Å². The van der Waals surface area contributed by atoms with E-state index in [2.05, 4.69) is 24.9 Å². The van der Waals surface area contributed by atoms with E-state index in [-0.39, 0.29) is 17.4 Å². The van der Waals surface area contributed by atoms with Crippen molar-refractivity contribution in [2.24, 2.45) is 5.41 Å². The Morgan fingerprint density at radius 3 is 3.11 bits per heavy atom. The molecule has 2 heterocycles. The van der Waals surface area contributed by atoms with Gasteiger partial charge in [-0.2, -0.15) is 5.26 Å². The van der Waals surface area contributed by atoms with Crippen molar-refractivity contribution in [1.82, 2.24) is 9.88 Å². The summed E-state index contributed by atoms with van der Waals surface area (Å²) in [5, 5.41) is 9.32. The molecular weight excluding hydrogens is 246 g/mol. The first-order valence-electron chi connectivity index (χ1n) is 6.11. The number of piperidine rings is 1. The van der Waals surface area contributed by atoms with Gasteiger partial charge < -0.3 is 4.90 Å². The molecule has 0 bridgehead atoms. The maximum atomic E-state index is 12.3. The Labute approximate surface area is 111 Å². The molecule has 2 rings (SSSR count). The lowest BCUT2D eigenvalue weighted by Crippen LogP contribution is -2.52. The summed E-state index contributed by atoms with van der Waals surface area (Å²) in [5.41, 5.74) is 1.61. The van der Waals surface area contributed by atoms with Gasteiger partial charge in [0, 0.05) is 17.6 Å². The molecule has 0 N–H and O–H groups in total. The number of rotatable bonds is 2. The molecule has 0 spiro atoms. The van der Waals surface area contributed by atoms with Crippen molar-refractivity contribution in [3.8, 4) is 6.07 Å². The topological polar surface area (TPSA) is 57.0 Å². The zero-order valence-electron chi connectivity index (χ0n) is 10.7. The summed E-state index contributed by atoms with van der Waals surface area (Å²) < 4.78 is 0. The highest BCUT2D eigenvalue weighted by atomic mass is 32.1. The van der Waals surface area contributed by atoms with Crippen LogP contribution in [0.25, 0.3) is 0 Å². The summed E-state index contributed by atoms with van der Waals surface area (Å²) >= 11 is 1.48. The summed E-state index contributed by atoms with van der Waals surface area (Å²) in [7, 11) is 0. The van der Waals surface area contributed by atoms with Crippen molar-refractivity contribution in [2.45, 2.75) is 39.2 Å². The Kier molecular flexibility index (Phi) is 3.67. The minimum absolute atomic E-state index is 0.0403. The lowest BCUT2D eigenvalue weighted by molar-refractivity contribution is -0.135. The maximum absolute atomic E-state index is 12.3. The minimum Gasteiger partial charge on any atom is -0.326 e. The molecule has 0 aromatic carbocycles. The highest BCUT2D eigenvalue weighted by Crippen LogP contribution is 2.35. The summed E-state index contributed by atoms with van der Waals surface area (Å²) in [6.45, 7) is 4.82. The average Bonchev–Trinajstić information content (AvgIpc) is 2.80. The second kappa shape index (κ2) is 5.07. The van der Waals surface area contributed by atoms with Crippen LogP contribution in [-0.4, -0.2) is 28.4 Å². The van der Waals surface area contributed by atoms with Crippen molar-refractivity contribution in [2.75, 3.05) is 6.54 Å². The number of nitrogens with zero attached hydrogens (tertiary/aromatic N) is 3. The lowest BCUT2D eigenvalue weighted by atomic mass is 9.77. The number of aromatic nitrogens is 1. The lowest BCUT2D eigenvalue weighted by Gasteiger charge is -2.42. The number of hydrogen-bond donors (Lipinski definition) is 0. The van der Waals surface area contributed by atoms with Crippen LogP contribution in [0.1, 0.15) is 31.6 Å². The molecule has 1 aliphatic rings. The Morgan fingerprint density at radius 1 is 1.72 bits per heavy atom. The molecule has 5 heteroatoms. The van der Waals surface area contributed by atoms with E-state index >= 15 is 0 Å². The number of nitriles is 1. The monoisotopic (exact) mass is 263 g/mol. The summed E-state index contributed by atoms with van der Waals surface area (Å²) in [4.78, 5) is 18.9. The van der Waals surface area contributed by atoms with Gasteiger partial charge in [-0.15, -0.1) is 11.3 Å². The third kappa shape index (κ3) is 2.54. The Balaban J connectivity index is 2.11. The molecule has 96 valence electrons. The van der Waals surface area contributed by atoms with Crippen molar-refractivity contribution in [3.63, 3.8) is 0 Å². The molecule has 0 saturated carbocycles. The van der Waals surface area contributed by atoms with Gasteiger partial charge >= 0.3 is 0 Å². The van der Waals surface area contributed by atoms with Crippen LogP contribution in [0.4, 0.5) is 0 Å². The van der Waals surface area contributed by atoms with E-state index < -0.39 is 0 Å². The summed E-state index contributed by atoms with van der Waals surface area (Å²) in [6, 6.07) is 1.98. The van der Waals surface area contributed by atoms with Gasteiger partial charge in [0.25, 0.3) is 0 Å². The smallest absolute Gasteiger partial charge is 0.228 e. The predicted octanol–water partition coefficient (Wildman–Crippen LogP) is 2.23. The summed E-state index contributed by atoms with van der Waals surface area (Å²) in [6.07, 6.45) is 4.05. The Hall–Kier alpha value is -1.41. The second-order valence-electron chi connectivity index (χ2n) is 5.36. The van der Waals surface area contributed by atoms with Gasteiger partial charge in [-0.25, -0.2) is 0 Å². The third-order valence-corrected chi connectivity index (χ3v) is 4.30. The van der Waals surface area contributed by atoms with Crippen molar-refractivity contribution < 1.29 is 4.79 Å². The van der Waals surface area contributed by atoms with E-state index in [1.54, 1.807) is 16.6 Å². The van der Waals surface area contributed by atoms with E-state index in [1.807, 2.05) is 0 Å². The molecule has 1 aromatic heterocycles. The third-order valence-electron chi connectivity index (χ3n) is 3.52. The molecule has 0 radical (unpaired) electrons. The molecule has 18 heavy (non-hydrogen) atoms. The number of hydrogen-bond acceptors (Lipinski definition) is 4. The van der Waals surface area contributed by atoms with Crippen LogP contribution in [0.2, 0.25) is 0 Å². The van der Waals surface area contributed by atoms with Crippen molar-refractivity contribution >= 4 is 17.2 Å². The quantitative estimate of drug-likeness (QED) is 0.822. The Bertz CT molecular complexity index is 461. The molecule has 1 atom stereocenters. The molecule has 1 saturated heterocycles. The largest absolute Gasteiger partial charge is 0.326 e. The fourth-order valence-electron chi connectivity index (χ4n) is 2.49. The SMILES string of the molecule is CC1(C)CCCN(C(=O)Cc2cncs2)[C@H]1C#N. The molecule has 0 aliphatic carbocycles. The van der Waals surface area contributed by atoms with Crippen molar-refractivity contribution in [1.29, 1.82) is 5.26 Å². The highest BCUT2D eigenvalue weighted by Gasteiger charge is 2.39. The first-order valence-corrected chi connectivity index (χ1v) is 6.99.